The molecule has 0 heterocycles. The van der Waals surface area contributed by atoms with E-state index in [1.165, 1.54) is 0 Å². The van der Waals surface area contributed by atoms with Crippen LogP contribution in [0.3, 0.4) is 0 Å². The molecule has 1 aliphatic rings. The smallest absolute Gasteiger partial charge is 0.240 e. The lowest BCUT2D eigenvalue weighted by atomic mass is 10.0. The number of carbonyl (C=O) groups is 1. The van der Waals surface area contributed by atoms with E-state index in [-0.39, 0.29) is 11.9 Å². The number of hydrogen-bond donors (Lipinski definition) is 1. The molecule has 3 nitrogen and oxygen atoms in total. The molecule has 1 atom stereocenters. The van der Waals surface area contributed by atoms with E-state index in [1.54, 1.807) is 0 Å². The van der Waals surface area contributed by atoms with Crippen LogP contribution in [0.25, 0.3) is 0 Å². The SMILES string of the molecule is CC(C)[C@@H](C)NC(=O)C1(C#N)CC1. The van der Waals surface area contributed by atoms with Crippen molar-refractivity contribution in [3.8, 4) is 6.07 Å². The average molecular weight is 180 g/mol. The zero-order valence-corrected chi connectivity index (χ0v) is 8.42. The summed E-state index contributed by atoms with van der Waals surface area (Å²) in [5.41, 5.74) is -0.677. The number of rotatable bonds is 3. The highest BCUT2D eigenvalue weighted by molar-refractivity contribution is 5.88. The molecular weight excluding hydrogens is 164 g/mol. The van der Waals surface area contributed by atoms with Gasteiger partial charge in [0.1, 0.15) is 5.41 Å². The van der Waals surface area contributed by atoms with Gasteiger partial charge in [-0.15, -0.1) is 0 Å². The third-order valence-corrected chi connectivity index (χ3v) is 2.76. The van der Waals surface area contributed by atoms with Crippen molar-refractivity contribution in [3.05, 3.63) is 0 Å². The zero-order valence-electron chi connectivity index (χ0n) is 8.42. The summed E-state index contributed by atoms with van der Waals surface area (Å²) in [5, 5.41) is 11.6. The highest BCUT2D eigenvalue weighted by atomic mass is 16.2. The number of nitrogens with one attached hydrogen (secondary N) is 1. The van der Waals surface area contributed by atoms with Crippen LogP contribution in [0.4, 0.5) is 0 Å². The van der Waals surface area contributed by atoms with E-state index in [0.29, 0.717) is 5.92 Å². The van der Waals surface area contributed by atoms with E-state index in [2.05, 4.69) is 25.2 Å². The maximum absolute atomic E-state index is 11.5. The predicted molar refractivity (Wildman–Crippen MR) is 49.7 cm³/mol. The Morgan fingerprint density at radius 3 is 2.31 bits per heavy atom. The van der Waals surface area contributed by atoms with Crippen LogP contribution in [0.15, 0.2) is 0 Å². The van der Waals surface area contributed by atoms with Gasteiger partial charge in [0.2, 0.25) is 5.91 Å². The summed E-state index contributed by atoms with van der Waals surface area (Å²) in [7, 11) is 0. The van der Waals surface area contributed by atoms with Crippen LogP contribution in [0.1, 0.15) is 33.6 Å². The fraction of sp³-hybridized carbons (Fsp3) is 0.800. The molecule has 0 aromatic rings. The second-order valence-electron chi connectivity index (χ2n) is 4.20. The second-order valence-corrected chi connectivity index (χ2v) is 4.20. The van der Waals surface area contributed by atoms with E-state index in [9.17, 15) is 4.79 Å². The highest BCUT2D eigenvalue weighted by Gasteiger charge is 2.50. The molecule has 72 valence electrons. The van der Waals surface area contributed by atoms with Crippen molar-refractivity contribution in [1.82, 2.24) is 5.32 Å². The third-order valence-electron chi connectivity index (χ3n) is 2.76. The molecule has 1 aliphatic carbocycles. The van der Waals surface area contributed by atoms with Gasteiger partial charge in [-0.1, -0.05) is 13.8 Å². The highest BCUT2D eigenvalue weighted by Crippen LogP contribution is 2.45. The minimum atomic E-state index is -0.677. The van der Waals surface area contributed by atoms with Crippen LogP contribution in [0.2, 0.25) is 0 Å². The van der Waals surface area contributed by atoms with Crippen LogP contribution < -0.4 is 5.32 Å². The lowest BCUT2D eigenvalue weighted by molar-refractivity contribution is -0.125. The van der Waals surface area contributed by atoms with Crippen molar-refractivity contribution in [2.24, 2.45) is 11.3 Å². The van der Waals surface area contributed by atoms with E-state index in [1.807, 2.05) is 6.92 Å². The fourth-order valence-corrected chi connectivity index (χ4v) is 1.03. The first-order valence-corrected chi connectivity index (χ1v) is 4.74. The molecule has 0 aliphatic heterocycles. The molecule has 0 bridgehead atoms. The maximum atomic E-state index is 11.5. The minimum Gasteiger partial charge on any atom is -0.352 e. The topological polar surface area (TPSA) is 52.9 Å². The summed E-state index contributed by atoms with van der Waals surface area (Å²) in [4.78, 5) is 11.5. The summed E-state index contributed by atoms with van der Waals surface area (Å²) < 4.78 is 0. The molecule has 1 amide bonds. The van der Waals surface area contributed by atoms with Gasteiger partial charge in [-0.25, -0.2) is 0 Å². The molecule has 0 aromatic carbocycles. The van der Waals surface area contributed by atoms with Gasteiger partial charge >= 0.3 is 0 Å². The number of nitrogens with zero attached hydrogens (tertiary/aromatic N) is 1. The second kappa shape index (κ2) is 3.37. The maximum Gasteiger partial charge on any atom is 0.240 e. The molecule has 3 heteroatoms. The molecule has 0 unspecified atom stereocenters. The van der Waals surface area contributed by atoms with Crippen LogP contribution in [-0.2, 0) is 4.79 Å². The lowest BCUT2D eigenvalue weighted by Gasteiger charge is -2.18. The Kier molecular flexibility index (Phi) is 2.60. The van der Waals surface area contributed by atoms with Crippen molar-refractivity contribution in [2.75, 3.05) is 0 Å². The van der Waals surface area contributed by atoms with Gasteiger partial charge < -0.3 is 5.32 Å². The first-order chi connectivity index (χ1) is 6.02. The van der Waals surface area contributed by atoms with Crippen molar-refractivity contribution in [3.63, 3.8) is 0 Å². The van der Waals surface area contributed by atoms with Gasteiger partial charge in [0.15, 0.2) is 0 Å². The Morgan fingerprint density at radius 1 is 1.46 bits per heavy atom. The van der Waals surface area contributed by atoms with Gasteiger partial charge in [0.05, 0.1) is 6.07 Å². The monoisotopic (exact) mass is 180 g/mol. The standard InChI is InChI=1S/C10H16N2O/c1-7(2)8(3)12-9(13)10(6-11)4-5-10/h7-8H,4-5H2,1-3H3,(H,12,13)/t8-/m1/s1. The minimum absolute atomic E-state index is 0.0869. The van der Waals surface area contributed by atoms with E-state index in [4.69, 9.17) is 5.26 Å². The van der Waals surface area contributed by atoms with Gasteiger partial charge in [-0.3, -0.25) is 4.79 Å². The molecule has 1 saturated carbocycles. The molecule has 1 N–H and O–H groups in total. The van der Waals surface area contributed by atoms with Crippen molar-refractivity contribution in [2.45, 2.75) is 39.7 Å². The summed E-state index contributed by atoms with van der Waals surface area (Å²) in [6.07, 6.45) is 1.44. The number of amides is 1. The van der Waals surface area contributed by atoms with Gasteiger partial charge in [0, 0.05) is 6.04 Å². The normalized spacial score (nSPS) is 20.5. The quantitative estimate of drug-likeness (QED) is 0.714. The summed E-state index contributed by atoms with van der Waals surface area (Å²) >= 11 is 0. The van der Waals surface area contributed by atoms with Gasteiger partial charge in [0.25, 0.3) is 0 Å². The summed E-state index contributed by atoms with van der Waals surface area (Å²) in [5.74, 6) is 0.328. The molecule has 1 rings (SSSR count). The van der Waals surface area contributed by atoms with E-state index >= 15 is 0 Å². The predicted octanol–water partition coefficient (Wildman–Crippen LogP) is 1.45. The summed E-state index contributed by atoms with van der Waals surface area (Å²) in [6, 6.07) is 2.24. The Bertz CT molecular complexity index is 248. The zero-order chi connectivity index (χ0) is 10.1. The van der Waals surface area contributed by atoms with Gasteiger partial charge in [-0.05, 0) is 25.7 Å². The Balaban J connectivity index is 2.48. The van der Waals surface area contributed by atoms with Crippen LogP contribution >= 0.6 is 0 Å². The van der Waals surface area contributed by atoms with E-state index in [0.717, 1.165) is 12.8 Å². The van der Waals surface area contributed by atoms with Crippen LogP contribution in [0, 0.1) is 22.7 Å². The number of nitriles is 1. The molecule has 0 radical (unpaired) electrons. The Labute approximate surface area is 79.1 Å². The molecule has 0 spiro atoms. The number of carbonyl (C=O) groups excluding carboxylic acids is 1. The Hall–Kier alpha value is -1.04. The number of hydrogen-bond acceptors (Lipinski definition) is 2. The van der Waals surface area contributed by atoms with E-state index < -0.39 is 5.41 Å². The molecular formula is C10H16N2O. The van der Waals surface area contributed by atoms with Crippen LogP contribution in [-0.4, -0.2) is 11.9 Å². The lowest BCUT2D eigenvalue weighted by Crippen LogP contribution is -2.40. The molecule has 13 heavy (non-hydrogen) atoms. The van der Waals surface area contributed by atoms with Crippen molar-refractivity contribution < 1.29 is 4.79 Å². The van der Waals surface area contributed by atoms with Crippen molar-refractivity contribution in [1.29, 1.82) is 5.26 Å². The van der Waals surface area contributed by atoms with Crippen LogP contribution in [0.5, 0.6) is 0 Å². The third kappa shape index (κ3) is 2.00. The fourth-order valence-electron chi connectivity index (χ4n) is 1.03. The molecule has 0 saturated heterocycles. The first-order valence-electron chi connectivity index (χ1n) is 4.74. The molecule has 1 fully saturated rings. The largest absolute Gasteiger partial charge is 0.352 e. The average Bonchev–Trinajstić information content (AvgIpc) is 2.84. The Morgan fingerprint density at radius 2 is 2.00 bits per heavy atom. The molecule has 0 aromatic heterocycles. The summed E-state index contributed by atoms with van der Waals surface area (Å²) in [6.45, 7) is 6.07. The van der Waals surface area contributed by atoms with Crippen molar-refractivity contribution >= 4 is 5.91 Å². The van der Waals surface area contributed by atoms with Gasteiger partial charge in [-0.2, -0.15) is 5.26 Å². The first kappa shape index (κ1) is 10.0.